The summed E-state index contributed by atoms with van der Waals surface area (Å²) in [5.41, 5.74) is -0.0354. The highest BCUT2D eigenvalue weighted by molar-refractivity contribution is 5.79. The van der Waals surface area contributed by atoms with Crippen molar-refractivity contribution in [3.8, 4) is 0 Å². The van der Waals surface area contributed by atoms with Gasteiger partial charge in [0.25, 0.3) is 0 Å². The Morgan fingerprint density at radius 1 is 1.29 bits per heavy atom. The summed E-state index contributed by atoms with van der Waals surface area (Å²) in [5.74, 6) is 0.501. The lowest BCUT2D eigenvalue weighted by Crippen LogP contribution is -2.49. The van der Waals surface area contributed by atoms with E-state index in [-0.39, 0.29) is 17.6 Å². The zero-order valence-electron chi connectivity index (χ0n) is 13.0. The summed E-state index contributed by atoms with van der Waals surface area (Å²) in [5, 5.41) is 0. The van der Waals surface area contributed by atoms with Gasteiger partial charge in [-0.15, -0.1) is 0 Å². The van der Waals surface area contributed by atoms with Crippen LogP contribution in [0.1, 0.15) is 39.0 Å². The number of nitrogens with zero attached hydrogens (tertiary/aromatic N) is 1. The summed E-state index contributed by atoms with van der Waals surface area (Å²) >= 11 is 0. The molecule has 3 aliphatic heterocycles. The lowest BCUT2D eigenvalue weighted by Gasteiger charge is -2.40. The monoisotopic (exact) mass is 297 g/mol. The Hall–Kier alpha value is -0.650. The Balaban J connectivity index is 1.49. The van der Waals surface area contributed by atoms with Crippen LogP contribution in [-0.4, -0.2) is 62.0 Å². The van der Waals surface area contributed by atoms with Crippen LogP contribution >= 0.6 is 0 Å². The fraction of sp³-hybridized carbons (Fsp3) is 0.938. The van der Waals surface area contributed by atoms with Crippen LogP contribution in [0.4, 0.5) is 0 Å². The van der Waals surface area contributed by atoms with E-state index in [2.05, 4.69) is 0 Å². The first-order valence-electron chi connectivity index (χ1n) is 8.34. The topological polar surface area (TPSA) is 48.0 Å². The first-order valence-corrected chi connectivity index (χ1v) is 8.34. The second-order valence-electron chi connectivity index (χ2n) is 6.49. The molecule has 5 nitrogen and oxygen atoms in total. The van der Waals surface area contributed by atoms with E-state index in [0.29, 0.717) is 12.5 Å². The summed E-state index contributed by atoms with van der Waals surface area (Å²) in [4.78, 5) is 14.6. The maximum atomic E-state index is 12.5. The maximum absolute atomic E-state index is 12.5. The zero-order valence-corrected chi connectivity index (χ0v) is 13.0. The molecule has 3 saturated heterocycles. The lowest BCUT2D eigenvalue weighted by molar-refractivity contribution is -0.143. The highest BCUT2D eigenvalue weighted by Gasteiger charge is 2.44. The third-order valence-electron chi connectivity index (χ3n) is 5.13. The lowest BCUT2D eigenvalue weighted by atomic mass is 9.87. The molecule has 21 heavy (non-hydrogen) atoms. The van der Waals surface area contributed by atoms with Gasteiger partial charge in [-0.3, -0.25) is 4.79 Å². The number of amides is 1. The molecule has 3 fully saturated rings. The van der Waals surface area contributed by atoms with Gasteiger partial charge in [-0.2, -0.15) is 0 Å². The van der Waals surface area contributed by atoms with Crippen molar-refractivity contribution in [2.75, 3.05) is 39.5 Å². The molecule has 0 aromatic carbocycles. The second kappa shape index (κ2) is 6.63. The number of rotatable bonds is 3. The third kappa shape index (κ3) is 3.41. The molecule has 0 radical (unpaired) electrons. The van der Waals surface area contributed by atoms with E-state index in [1.54, 1.807) is 0 Å². The molecular formula is C16H27NO4. The molecule has 0 saturated carbocycles. The van der Waals surface area contributed by atoms with Gasteiger partial charge < -0.3 is 19.1 Å². The highest BCUT2D eigenvalue weighted by Crippen LogP contribution is 2.37. The standard InChI is InChI=1S/C16H27NO4/c1-2-20-14-11-16(21-12-14)5-7-17(8-6-16)15(18)13-3-9-19-10-4-13/h13-14H,2-12H2,1H3. The molecule has 1 amide bonds. The Morgan fingerprint density at radius 3 is 2.67 bits per heavy atom. The molecule has 1 spiro atoms. The van der Waals surface area contributed by atoms with E-state index in [9.17, 15) is 4.79 Å². The van der Waals surface area contributed by atoms with Crippen molar-refractivity contribution in [1.29, 1.82) is 0 Å². The van der Waals surface area contributed by atoms with Gasteiger partial charge in [-0.05, 0) is 32.6 Å². The minimum absolute atomic E-state index is 0.0354. The van der Waals surface area contributed by atoms with Gasteiger partial charge in [0.05, 0.1) is 18.3 Å². The minimum Gasteiger partial charge on any atom is -0.381 e. The van der Waals surface area contributed by atoms with E-state index < -0.39 is 0 Å². The van der Waals surface area contributed by atoms with Crippen molar-refractivity contribution in [1.82, 2.24) is 4.90 Å². The number of carbonyl (C=O) groups excluding carboxylic acids is 1. The number of ether oxygens (including phenoxy) is 3. The molecule has 0 aromatic rings. The average Bonchev–Trinajstić information content (AvgIpc) is 2.91. The quantitative estimate of drug-likeness (QED) is 0.794. The number of piperidine rings is 1. The molecule has 1 atom stereocenters. The number of hydrogen-bond donors (Lipinski definition) is 0. The fourth-order valence-corrected chi connectivity index (χ4v) is 3.83. The molecule has 0 aliphatic carbocycles. The van der Waals surface area contributed by atoms with E-state index in [4.69, 9.17) is 14.2 Å². The van der Waals surface area contributed by atoms with Crippen molar-refractivity contribution < 1.29 is 19.0 Å². The Labute approximate surface area is 126 Å². The maximum Gasteiger partial charge on any atom is 0.225 e. The molecule has 1 unspecified atom stereocenters. The largest absolute Gasteiger partial charge is 0.381 e. The van der Waals surface area contributed by atoms with Crippen LogP contribution in [0.2, 0.25) is 0 Å². The van der Waals surface area contributed by atoms with Gasteiger partial charge in [0.15, 0.2) is 0 Å². The van der Waals surface area contributed by atoms with Gasteiger partial charge in [0, 0.05) is 45.2 Å². The number of likely N-dealkylation sites (tertiary alicyclic amines) is 1. The minimum atomic E-state index is -0.0354. The summed E-state index contributed by atoms with van der Waals surface area (Å²) in [6.07, 6.45) is 4.89. The van der Waals surface area contributed by atoms with Gasteiger partial charge in [-0.1, -0.05) is 0 Å². The Bertz CT molecular complexity index is 359. The summed E-state index contributed by atoms with van der Waals surface area (Å²) in [6, 6.07) is 0. The van der Waals surface area contributed by atoms with E-state index in [0.717, 1.165) is 65.0 Å². The van der Waals surface area contributed by atoms with Crippen molar-refractivity contribution >= 4 is 5.91 Å². The van der Waals surface area contributed by atoms with E-state index >= 15 is 0 Å². The van der Waals surface area contributed by atoms with Crippen LogP contribution in [0.15, 0.2) is 0 Å². The normalized spacial score (nSPS) is 30.0. The Morgan fingerprint density at radius 2 is 2.00 bits per heavy atom. The summed E-state index contributed by atoms with van der Waals surface area (Å²) in [7, 11) is 0. The van der Waals surface area contributed by atoms with Crippen LogP contribution in [0.5, 0.6) is 0 Å². The molecule has 3 heterocycles. The van der Waals surface area contributed by atoms with Crippen LogP contribution < -0.4 is 0 Å². The highest BCUT2D eigenvalue weighted by atomic mass is 16.6. The number of carbonyl (C=O) groups is 1. The predicted molar refractivity (Wildman–Crippen MR) is 78.1 cm³/mol. The predicted octanol–water partition coefficient (Wildman–Crippen LogP) is 1.60. The molecule has 3 aliphatic rings. The molecule has 0 aromatic heterocycles. The number of hydrogen-bond acceptors (Lipinski definition) is 4. The molecule has 0 bridgehead atoms. The molecule has 5 heteroatoms. The SMILES string of the molecule is CCOC1COC2(CCN(C(=O)C3CCOCC3)CC2)C1. The summed E-state index contributed by atoms with van der Waals surface area (Å²) < 4.78 is 17.1. The molecule has 3 rings (SSSR count). The first kappa shape index (κ1) is 15.3. The molecule has 0 N–H and O–H groups in total. The molecule has 120 valence electrons. The fourth-order valence-electron chi connectivity index (χ4n) is 3.83. The summed E-state index contributed by atoms with van der Waals surface area (Å²) in [6.45, 7) is 6.60. The van der Waals surface area contributed by atoms with Gasteiger partial charge in [-0.25, -0.2) is 0 Å². The van der Waals surface area contributed by atoms with Gasteiger partial charge >= 0.3 is 0 Å². The molecular weight excluding hydrogens is 270 g/mol. The van der Waals surface area contributed by atoms with Crippen LogP contribution in [0, 0.1) is 5.92 Å². The van der Waals surface area contributed by atoms with Crippen molar-refractivity contribution in [2.45, 2.75) is 50.7 Å². The zero-order chi connectivity index (χ0) is 14.7. The van der Waals surface area contributed by atoms with Crippen LogP contribution in [-0.2, 0) is 19.0 Å². The average molecular weight is 297 g/mol. The smallest absolute Gasteiger partial charge is 0.225 e. The van der Waals surface area contributed by atoms with Crippen molar-refractivity contribution in [3.05, 3.63) is 0 Å². The van der Waals surface area contributed by atoms with Crippen molar-refractivity contribution in [2.24, 2.45) is 5.92 Å². The first-order chi connectivity index (χ1) is 10.2. The van der Waals surface area contributed by atoms with E-state index in [1.807, 2.05) is 11.8 Å². The van der Waals surface area contributed by atoms with Gasteiger partial charge in [0.2, 0.25) is 5.91 Å². The van der Waals surface area contributed by atoms with E-state index in [1.165, 1.54) is 0 Å². The van der Waals surface area contributed by atoms with Gasteiger partial charge in [0.1, 0.15) is 0 Å². The van der Waals surface area contributed by atoms with Crippen molar-refractivity contribution in [3.63, 3.8) is 0 Å². The van der Waals surface area contributed by atoms with Crippen LogP contribution in [0.25, 0.3) is 0 Å². The second-order valence-corrected chi connectivity index (χ2v) is 6.49. The third-order valence-corrected chi connectivity index (χ3v) is 5.13. The Kier molecular flexibility index (Phi) is 4.82. The van der Waals surface area contributed by atoms with Crippen LogP contribution in [0.3, 0.4) is 0 Å².